The number of hydrogen-bond acceptors (Lipinski definition) is 2. The minimum atomic E-state index is -0.00878. The topological polar surface area (TPSA) is 32.8 Å². The Balaban J connectivity index is 1.34. The van der Waals surface area contributed by atoms with Gasteiger partial charge in [-0.25, -0.2) is 0 Å². The van der Waals surface area contributed by atoms with Gasteiger partial charge in [0.1, 0.15) is 6.10 Å². The standard InChI is InChI=1S/C21H21NO2/c23-20-17-8-7-13-3-1-2-4-16(13)18(17)19-21(24-19)22(20)11-15-10-12-5-6-14(15)9-12/h1-6,12,14-15,19,21H,7-11H2. The van der Waals surface area contributed by atoms with Gasteiger partial charge in [-0.1, -0.05) is 36.4 Å². The number of amides is 1. The molecule has 3 nitrogen and oxygen atoms in total. The summed E-state index contributed by atoms with van der Waals surface area (Å²) < 4.78 is 6.01. The van der Waals surface area contributed by atoms with Crippen LogP contribution in [-0.4, -0.2) is 29.7 Å². The highest BCUT2D eigenvalue weighted by molar-refractivity contribution is 6.06. The predicted molar refractivity (Wildman–Crippen MR) is 90.9 cm³/mol. The Morgan fingerprint density at radius 3 is 2.88 bits per heavy atom. The number of carbonyl (C=O) groups excluding carboxylic acids is 1. The van der Waals surface area contributed by atoms with Crippen molar-refractivity contribution < 1.29 is 9.53 Å². The van der Waals surface area contributed by atoms with E-state index in [0.717, 1.165) is 30.9 Å². The number of rotatable bonds is 2. The summed E-state index contributed by atoms with van der Waals surface area (Å²) in [5, 5.41) is 0. The van der Waals surface area contributed by atoms with E-state index >= 15 is 0 Å². The van der Waals surface area contributed by atoms with Crippen LogP contribution in [0.5, 0.6) is 0 Å². The molecule has 122 valence electrons. The molecule has 1 amide bonds. The van der Waals surface area contributed by atoms with E-state index in [1.165, 1.54) is 29.5 Å². The minimum Gasteiger partial charge on any atom is -0.342 e. The first-order valence-electron chi connectivity index (χ1n) is 9.25. The Bertz CT molecular complexity index is 808. The van der Waals surface area contributed by atoms with Gasteiger partial charge in [-0.2, -0.15) is 0 Å². The van der Waals surface area contributed by atoms with Crippen molar-refractivity contribution in [2.24, 2.45) is 17.8 Å². The van der Waals surface area contributed by atoms with Gasteiger partial charge >= 0.3 is 0 Å². The zero-order valence-electron chi connectivity index (χ0n) is 13.7. The highest BCUT2D eigenvalue weighted by Gasteiger charge is 2.55. The molecular weight excluding hydrogens is 298 g/mol. The van der Waals surface area contributed by atoms with Gasteiger partial charge in [0.25, 0.3) is 5.91 Å². The van der Waals surface area contributed by atoms with Gasteiger partial charge in [-0.3, -0.25) is 4.79 Å². The SMILES string of the molecule is O=C1C2=C(c3ccccc3CC2)C2OC2N1CC1CC2C=CC1C2. The number of allylic oxidation sites excluding steroid dienone is 2. The second-order valence-corrected chi connectivity index (χ2v) is 7.99. The molecule has 5 aliphatic rings. The first-order valence-corrected chi connectivity index (χ1v) is 9.25. The lowest BCUT2D eigenvalue weighted by Gasteiger charge is -2.33. The van der Waals surface area contributed by atoms with Crippen molar-refractivity contribution >= 4 is 11.5 Å². The molecule has 24 heavy (non-hydrogen) atoms. The van der Waals surface area contributed by atoms with Crippen LogP contribution >= 0.6 is 0 Å². The number of aryl methyl sites for hydroxylation is 1. The molecule has 2 fully saturated rings. The van der Waals surface area contributed by atoms with Crippen molar-refractivity contribution in [2.75, 3.05) is 6.54 Å². The van der Waals surface area contributed by atoms with Gasteiger partial charge in [-0.05, 0) is 54.6 Å². The van der Waals surface area contributed by atoms with Crippen LogP contribution < -0.4 is 0 Å². The average molecular weight is 319 g/mol. The van der Waals surface area contributed by atoms with Crippen molar-refractivity contribution in [1.82, 2.24) is 4.90 Å². The van der Waals surface area contributed by atoms with Gasteiger partial charge in [0.05, 0.1) is 0 Å². The smallest absolute Gasteiger partial charge is 0.252 e. The van der Waals surface area contributed by atoms with E-state index in [9.17, 15) is 4.79 Å². The van der Waals surface area contributed by atoms with Gasteiger partial charge in [-0.15, -0.1) is 0 Å². The van der Waals surface area contributed by atoms with Crippen molar-refractivity contribution in [3.8, 4) is 0 Å². The van der Waals surface area contributed by atoms with Crippen LogP contribution in [-0.2, 0) is 16.0 Å². The maximum absolute atomic E-state index is 13.2. The van der Waals surface area contributed by atoms with Crippen molar-refractivity contribution in [3.05, 3.63) is 53.1 Å². The van der Waals surface area contributed by atoms with Crippen LogP contribution in [0.1, 0.15) is 30.4 Å². The molecule has 0 N–H and O–H groups in total. The van der Waals surface area contributed by atoms with E-state index in [1.54, 1.807) is 0 Å². The lowest BCUT2D eigenvalue weighted by Crippen LogP contribution is -2.44. The second-order valence-electron chi connectivity index (χ2n) is 7.99. The number of nitrogens with zero attached hydrogens (tertiary/aromatic N) is 1. The zero-order chi connectivity index (χ0) is 15.8. The van der Waals surface area contributed by atoms with E-state index in [2.05, 4.69) is 41.3 Å². The first-order chi connectivity index (χ1) is 11.8. The summed E-state index contributed by atoms with van der Waals surface area (Å²) in [6, 6.07) is 8.51. The number of ether oxygens (including phenoxy) is 1. The third-order valence-corrected chi connectivity index (χ3v) is 6.70. The molecule has 6 rings (SSSR count). The van der Waals surface area contributed by atoms with Crippen LogP contribution in [0.2, 0.25) is 0 Å². The summed E-state index contributed by atoms with van der Waals surface area (Å²) in [7, 11) is 0. The van der Waals surface area contributed by atoms with Crippen LogP contribution in [0.15, 0.2) is 42.0 Å². The highest BCUT2D eigenvalue weighted by atomic mass is 16.6. The summed E-state index contributed by atoms with van der Waals surface area (Å²) in [5.74, 6) is 2.31. The fourth-order valence-electron chi connectivity index (χ4n) is 5.49. The molecule has 3 heteroatoms. The molecule has 0 spiro atoms. The van der Waals surface area contributed by atoms with Crippen molar-refractivity contribution in [2.45, 2.75) is 38.0 Å². The lowest BCUT2D eigenvalue weighted by atomic mass is 9.81. The zero-order valence-corrected chi connectivity index (χ0v) is 13.7. The third-order valence-electron chi connectivity index (χ3n) is 6.70. The summed E-state index contributed by atoms with van der Waals surface area (Å²) >= 11 is 0. The average Bonchev–Trinajstić information content (AvgIpc) is 3.12. The Morgan fingerprint density at radius 2 is 2.04 bits per heavy atom. The maximum atomic E-state index is 13.2. The fourth-order valence-corrected chi connectivity index (χ4v) is 5.49. The van der Waals surface area contributed by atoms with Crippen LogP contribution in [0.3, 0.4) is 0 Å². The van der Waals surface area contributed by atoms with Crippen LogP contribution in [0.25, 0.3) is 5.57 Å². The maximum Gasteiger partial charge on any atom is 0.252 e. The fraction of sp³-hybridized carbons (Fsp3) is 0.476. The molecule has 1 aromatic carbocycles. The molecule has 2 bridgehead atoms. The normalized spacial score (nSPS) is 38.2. The molecule has 5 atom stereocenters. The van der Waals surface area contributed by atoms with Crippen molar-refractivity contribution in [3.63, 3.8) is 0 Å². The Hall–Kier alpha value is -1.87. The predicted octanol–water partition coefficient (Wildman–Crippen LogP) is 3.17. The Morgan fingerprint density at radius 1 is 1.12 bits per heavy atom. The molecule has 2 heterocycles. The first kappa shape index (κ1) is 13.4. The molecule has 1 aromatic rings. The molecule has 3 aliphatic carbocycles. The quantitative estimate of drug-likeness (QED) is 0.619. The summed E-state index contributed by atoms with van der Waals surface area (Å²) in [4.78, 5) is 15.2. The summed E-state index contributed by atoms with van der Waals surface area (Å²) in [6.07, 6.45) is 9.24. The Kier molecular flexibility index (Phi) is 2.57. The largest absolute Gasteiger partial charge is 0.342 e. The van der Waals surface area contributed by atoms with E-state index in [0.29, 0.717) is 11.8 Å². The van der Waals surface area contributed by atoms with E-state index in [1.807, 2.05) is 0 Å². The van der Waals surface area contributed by atoms with Crippen LogP contribution in [0, 0.1) is 17.8 Å². The molecule has 0 radical (unpaired) electrons. The number of fused-ring (bicyclic) bond motifs is 6. The third kappa shape index (κ3) is 1.74. The van der Waals surface area contributed by atoms with Gasteiger partial charge < -0.3 is 9.64 Å². The second kappa shape index (κ2) is 4.60. The number of carbonyl (C=O) groups is 1. The van der Waals surface area contributed by atoms with E-state index in [4.69, 9.17) is 4.74 Å². The van der Waals surface area contributed by atoms with Crippen molar-refractivity contribution in [1.29, 1.82) is 0 Å². The monoisotopic (exact) mass is 319 g/mol. The molecule has 1 saturated carbocycles. The van der Waals surface area contributed by atoms with E-state index in [-0.39, 0.29) is 18.2 Å². The lowest BCUT2D eigenvalue weighted by molar-refractivity contribution is -0.130. The van der Waals surface area contributed by atoms with E-state index < -0.39 is 0 Å². The molecular formula is C21H21NO2. The van der Waals surface area contributed by atoms with Gasteiger partial charge in [0.2, 0.25) is 0 Å². The molecule has 2 aliphatic heterocycles. The number of benzene rings is 1. The molecule has 1 saturated heterocycles. The van der Waals surface area contributed by atoms with Gasteiger partial charge in [0, 0.05) is 17.7 Å². The molecule has 5 unspecified atom stereocenters. The highest BCUT2D eigenvalue weighted by Crippen LogP contribution is 2.50. The van der Waals surface area contributed by atoms with Gasteiger partial charge in [0.15, 0.2) is 6.23 Å². The molecule has 0 aromatic heterocycles. The summed E-state index contributed by atoms with van der Waals surface area (Å²) in [5.41, 5.74) is 4.83. The van der Waals surface area contributed by atoms with Crippen LogP contribution in [0.4, 0.5) is 0 Å². The minimum absolute atomic E-state index is 0.00878. The number of hydrogen-bond donors (Lipinski definition) is 0. The summed E-state index contributed by atoms with van der Waals surface area (Å²) in [6.45, 7) is 0.879. The Labute approximate surface area is 142 Å². The number of epoxide rings is 1.